The van der Waals surface area contributed by atoms with E-state index in [1.165, 1.54) is 12.8 Å². The SMILES string of the molecule is CCCCCOc1nc(N2CCNCC2)nc2ccccc12.O=C(O)/C=C/C(=O)O. The molecule has 1 fully saturated rings. The molecule has 1 saturated heterocycles. The average Bonchev–Trinajstić information content (AvgIpc) is 2.76. The van der Waals surface area contributed by atoms with Crippen molar-refractivity contribution in [2.24, 2.45) is 0 Å². The van der Waals surface area contributed by atoms with E-state index in [0.29, 0.717) is 12.2 Å². The highest BCUT2D eigenvalue weighted by atomic mass is 16.5. The van der Waals surface area contributed by atoms with E-state index in [0.717, 1.165) is 61.9 Å². The van der Waals surface area contributed by atoms with Gasteiger partial charge in [-0.1, -0.05) is 31.9 Å². The van der Waals surface area contributed by atoms with Crippen LogP contribution in [0.1, 0.15) is 26.2 Å². The Bertz CT molecular complexity index is 850. The van der Waals surface area contributed by atoms with Crippen molar-refractivity contribution < 1.29 is 24.5 Å². The van der Waals surface area contributed by atoms with Crippen LogP contribution >= 0.6 is 0 Å². The Balaban J connectivity index is 0.000000343. The molecule has 9 heteroatoms. The van der Waals surface area contributed by atoms with E-state index in [9.17, 15) is 9.59 Å². The number of nitrogens with zero attached hydrogens (tertiary/aromatic N) is 3. The number of hydrogen-bond donors (Lipinski definition) is 3. The molecule has 3 rings (SSSR count). The fourth-order valence-corrected chi connectivity index (χ4v) is 2.82. The van der Waals surface area contributed by atoms with Crippen LogP contribution in [0.3, 0.4) is 0 Å². The van der Waals surface area contributed by atoms with Gasteiger partial charge in [-0.25, -0.2) is 14.6 Å². The Morgan fingerprint density at radius 3 is 2.40 bits per heavy atom. The summed E-state index contributed by atoms with van der Waals surface area (Å²) < 4.78 is 5.96. The number of piperazine rings is 1. The summed E-state index contributed by atoms with van der Waals surface area (Å²) in [5.74, 6) is -1.01. The van der Waals surface area contributed by atoms with Crippen LogP contribution in [-0.2, 0) is 9.59 Å². The van der Waals surface area contributed by atoms with Gasteiger partial charge in [-0.05, 0) is 18.6 Å². The molecule has 0 atom stereocenters. The number of benzene rings is 1. The zero-order valence-electron chi connectivity index (χ0n) is 17.1. The van der Waals surface area contributed by atoms with Gasteiger partial charge in [-0.15, -0.1) is 0 Å². The minimum absolute atomic E-state index is 0.558. The second kappa shape index (κ2) is 12.4. The summed E-state index contributed by atoms with van der Waals surface area (Å²) >= 11 is 0. The maximum absolute atomic E-state index is 9.55. The van der Waals surface area contributed by atoms with Crippen molar-refractivity contribution in [2.75, 3.05) is 37.7 Å². The number of aromatic nitrogens is 2. The molecule has 9 nitrogen and oxygen atoms in total. The van der Waals surface area contributed by atoms with Gasteiger partial charge in [0.15, 0.2) is 0 Å². The number of nitrogens with one attached hydrogen (secondary N) is 1. The lowest BCUT2D eigenvalue weighted by Crippen LogP contribution is -2.44. The summed E-state index contributed by atoms with van der Waals surface area (Å²) in [7, 11) is 0. The number of unbranched alkanes of at least 4 members (excludes halogenated alkanes) is 2. The van der Waals surface area contributed by atoms with Gasteiger partial charge in [-0.2, -0.15) is 4.98 Å². The number of ether oxygens (including phenoxy) is 1. The van der Waals surface area contributed by atoms with E-state index in [-0.39, 0.29) is 0 Å². The van der Waals surface area contributed by atoms with Crippen molar-refractivity contribution in [3.63, 3.8) is 0 Å². The standard InChI is InChI=1S/C17H24N4O.C4H4O4/c1-2-3-6-13-22-16-14-7-4-5-8-15(14)19-17(20-16)21-11-9-18-10-12-21;5-3(6)1-2-4(7)8/h4-5,7-8,18H,2-3,6,9-13H2,1H3;1-2H,(H,5,6)(H,7,8)/b;2-1+. The van der Waals surface area contributed by atoms with Gasteiger partial charge in [0.25, 0.3) is 0 Å². The van der Waals surface area contributed by atoms with E-state index in [4.69, 9.17) is 19.9 Å². The molecule has 162 valence electrons. The molecule has 1 aromatic heterocycles. The van der Waals surface area contributed by atoms with E-state index in [1.54, 1.807) is 0 Å². The third-order valence-corrected chi connectivity index (χ3v) is 4.31. The third-order valence-electron chi connectivity index (χ3n) is 4.31. The molecule has 1 aliphatic heterocycles. The van der Waals surface area contributed by atoms with Crippen LogP contribution in [0.15, 0.2) is 36.4 Å². The van der Waals surface area contributed by atoms with Gasteiger partial charge in [0.05, 0.1) is 17.5 Å². The van der Waals surface area contributed by atoms with Crippen molar-refractivity contribution >= 4 is 28.8 Å². The Labute approximate surface area is 175 Å². The van der Waals surface area contributed by atoms with Crippen molar-refractivity contribution in [1.29, 1.82) is 0 Å². The second-order valence-corrected chi connectivity index (χ2v) is 6.65. The van der Waals surface area contributed by atoms with E-state index >= 15 is 0 Å². The zero-order chi connectivity index (χ0) is 21.8. The molecular formula is C21H28N4O5. The van der Waals surface area contributed by atoms with Crippen molar-refractivity contribution in [2.45, 2.75) is 26.2 Å². The molecule has 30 heavy (non-hydrogen) atoms. The Kier molecular flexibility index (Phi) is 9.53. The molecule has 0 amide bonds. The van der Waals surface area contributed by atoms with Gasteiger partial charge in [-0.3, -0.25) is 0 Å². The third kappa shape index (κ3) is 7.67. The van der Waals surface area contributed by atoms with E-state index in [2.05, 4.69) is 22.1 Å². The van der Waals surface area contributed by atoms with Crippen LogP contribution in [0.5, 0.6) is 5.88 Å². The van der Waals surface area contributed by atoms with Crippen LogP contribution in [0.25, 0.3) is 10.9 Å². The quantitative estimate of drug-likeness (QED) is 0.439. The van der Waals surface area contributed by atoms with Gasteiger partial charge in [0.1, 0.15) is 0 Å². The lowest BCUT2D eigenvalue weighted by molar-refractivity contribution is -0.134. The normalized spacial score (nSPS) is 13.7. The summed E-state index contributed by atoms with van der Waals surface area (Å²) in [6, 6.07) is 8.08. The first-order valence-corrected chi connectivity index (χ1v) is 10.0. The molecular weight excluding hydrogens is 388 g/mol. The molecule has 1 aliphatic rings. The predicted octanol–water partition coefficient (Wildman–Crippen LogP) is 2.32. The average molecular weight is 416 g/mol. The number of aliphatic carboxylic acids is 2. The first kappa shape index (κ1) is 23.1. The maximum Gasteiger partial charge on any atom is 0.328 e. The monoisotopic (exact) mass is 416 g/mol. The molecule has 0 spiro atoms. The van der Waals surface area contributed by atoms with Gasteiger partial charge in [0.2, 0.25) is 11.8 Å². The molecule has 0 bridgehead atoms. The minimum Gasteiger partial charge on any atom is -0.478 e. The molecule has 1 aromatic carbocycles. The maximum atomic E-state index is 9.55. The molecule has 0 aliphatic carbocycles. The van der Waals surface area contributed by atoms with Crippen molar-refractivity contribution in [3.8, 4) is 5.88 Å². The number of carbonyl (C=O) groups is 2. The fourth-order valence-electron chi connectivity index (χ4n) is 2.82. The van der Waals surface area contributed by atoms with Crippen LogP contribution in [-0.4, -0.2) is 64.9 Å². The summed E-state index contributed by atoms with van der Waals surface area (Å²) in [6.07, 6.45) is 4.57. The summed E-state index contributed by atoms with van der Waals surface area (Å²) in [4.78, 5) is 30.7. The number of anilines is 1. The minimum atomic E-state index is -1.26. The van der Waals surface area contributed by atoms with Crippen LogP contribution in [0.2, 0.25) is 0 Å². The van der Waals surface area contributed by atoms with Crippen LogP contribution < -0.4 is 15.0 Å². The molecule has 2 aromatic rings. The summed E-state index contributed by atoms with van der Waals surface area (Å²) in [5, 5.41) is 20.0. The molecule has 3 N–H and O–H groups in total. The number of para-hydroxylation sites is 1. The highest BCUT2D eigenvalue weighted by Crippen LogP contribution is 2.25. The number of hydrogen-bond acceptors (Lipinski definition) is 7. The lowest BCUT2D eigenvalue weighted by atomic mass is 10.2. The van der Waals surface area contributed by atoms with Gasteiger partial charge >= 0.3 is 11.9 Å². The molecule has 0 saturated carbocycles. The van der Waals surface area contributed by atoms with Gasteiger partial charge < -0.3 is 25.2 Å². The molecule has 0 radical (unpaired) electrons. The number of rotatable bonds is 8. The van der Waals surface area contributed by atoms with Crippen LogP contribution in [0, 0.1) is 0 Å². The first-order chi connectivity index (χ1) is 14.5. The second-order valence-electron chi connectivity index (χ2n) is 6.65. The largest absolute Gasteiger partial charge is 0.478 e. The highest BCUT2D eigenvalue weighted by Gasteiger charge is 2.16. The van der Waals surface area contributed by atoms with Gasteiger partial charge in [0, 0.05) is 38.3 Å². The fraction of sp³-hybridized carbons (Fsp3) is 0.429. The Hall–Kier alpha value is -3.20. The topological polar surface area (TPSA) is 125 Å². The summed E-state index contributed by atoms with van der Waals surface area (Å²) in [6.45, 7) is 6.74. The Morgan fingerprint density at radius 1 is 1.10 bits per heavy atom. The van der Waals surface area contributed by atoms with E-state index in [1.807, 2.05) is 24.3 Å². The number of carboxylic acid groups (broad SMARTS) is 2. The predicted molar refractivity (Wildman–Crippen MR) is 114 cm³/mol. The smallest absolute Gasteiger partial charge is 0.328 e. The molecule has 0 unspecified atom stereocenters. The lowest BCUT2D eigenvalue weighted by Gasteiger charge is -2.27. The first-order valence-electron chi connectivity index (χ1n) is 10.0. The Morgan fingerprint density at radius 2 is 1.77 bits per heavy atom. The van der Waals surface area contributed by atoms with Crippen LogP contribution in [0.4, 0.5) is 5.95 Å². The number of fused-ring (bicyclic) bond motifs is 1. The number of carboxylic acids is 2. The molecule has 2 heterocycles. The van der Waals surface area contributed by atoms with Crippen molar-refractivity contribution in [3.05, 3.63) is 36.4 Å². The van der Waals surface area contributed by atoms with Crippen molar-refractivity contribution in [1.82, 2.24) is 15.3 Å². The zero-order valence-corrected chi connectivity index (χ0v) is 17.1. The van der Waals surface area contributed by atoms with E-state index < -0.39 is 11.9 Å². The summed E-state index contributed by atoms with van der Waals surface area (Å²) in [5.41, 5.74) is 0.955. The highest BCUT2D eigenvalue weighted by molar-refractivity contribution is 5.89.